The smallest absolute Gasteiger partial charge is 0.273 e. The van der Waals surface area contributed by atoms with Gasteiger partial charge in [0.25, 0.3) is 11.8 Å². The van der Waals surface area contributed by atoms with Crippen molar-refractivity contribution in [2.24, 2.45) is 5.73 Å². The maximum absolute atomic E-state index is 14.5. The number of anilines is 2. The average molecular weight is 564 g/mol. The van der Waals surface area contributed by atoms with Gasteiger partial charge < -0.3 is 26.3 Å². The van der Waals surface area contributed by atoms with Crippen LogP contribution in [0.5, 0.6) is 11.5 Å². The van der Waals surface area contributed by atoms with Crippen molar-refractivity contribution in [2.75, 3.05) is 24.9 Å². The number of primary amides is 1. The topological polar surface area (TPSA) is 150 Å². The molecule has 1 heterocycles. The third kappa shape index (κ3) is 5.86. The Morgan fingerprint density at radius 2 is 1.73 bits per heavy atom. The minimum Gasteiger partial charge on any atom is -0.493 e. The lowest BCUT2D eigenvalue weighted by molar-refractivity contribution is -0.122. The van der Waals surface area contributed by atoms with Crippen molar-refractivity contribution in [3.05, 3.63) is 100 Å². The van der Waals surface area contributed by atoms with E-state index in [1.165, 1.54) is 32.4 Å². The van der Waals surface area contributed by atoms with Crippen LogP contribution in [0, 0.1) is 5.82 Å². The highest BCUT2D eigenvalue weighted by Gasteiger charge is 2.36. The molecule has 40 heavy (non-hydrogen) atoms. The van der Waals surface area contributed by atoms with Gasteiger partial charge in [-0.2, -0.15) is 4.37 Å². The molecule has 5 N–H and O–H groups in total. The van der Waals surface area contributed by atoms with Gasteiger partial charge in [0.15, 0.2) is 17.2 Å². The molecule has 10 nitrogen and oxygen atoms in total. The van der Waals surface area contributed by atoms with Crippen molar-refractivity contribution in [1.82, 2.24) is 9.69 Å². The van der Waals surface area contributed by atoms with Crippen molar-refractivity contribution in [3.8, 4) is 11.5 Å². The average Bonchev–Trinajstić information content (AvgIpc) is 3.35. The van der Waals surface area contributed by atoms with Crippen LogP contribution in [0.15, 0.2) is 72.8 Å². The zero-order chi connectivity index (χ0) is 28.8. The van der Waals surface area contributed by atoms with Gasteiger partial charge in [-0.1, -0.05) is 42.5 Å². The molecule has 0 saturated heterocycles. The number of ether oxygens (including phenoxy) is 2. The van der Waals surface area contributed by atoms with Gasteiger partial charge in [-0.3, -0.25) is 19.3 Å². The molecular weight excluding hydrogens is 537 g/mol. The Morgan fingerprint density at radius 3 is 2.35 bits per heavy atom. The van der Waals surface area contributed by atoms with Gasteiger partial charge in [0.05, 0.1) is 19.9 Å². The number of nitrogens with two attached hydrogens (primary N) is 2. The fourth-order valence-corrected chi connectivity index (χ4v) is 4.81. The minimum absolute atomic E-state index is 0.0630. The molecule has 0 aliphatic carbocycles. The fraction of sp³-hybridized carbons (Fsp3) is 0.143. The summed E-state index contributed by atoms with van der Waals surface area (Å²) in [5, 5.41) is 2.86. The molecule has 0 bridgehead atoms. The highest BCUT2D eigenvalue weighted by atomic mass is 32.1. The Labute approximate surface area is 233 Å². The lowest BCUT2D eigenvalue weighted by Crippen LogP contribution is -2.44. The molecule has 0 aliphatic heterocycles. The van der Waals surface area contributed by atoms with Crippen LogP contribution in [0.3, 0.4) is 0 Å². The molecule has 206 valence electrons. The Balaban J connectivity index is 1.88. The number of benzene rings is 3. The molecule has 0 saturated carbocycles. The van der Waals surface area contributed by atoms with Crippen molar-refractivity contribution >= 4 is 40.6 Å². The van der Waals surface area contributed by atoms with Gasteiger partial charge in [0, 0.05) is 12.2 Å². The summed E-state index contributed by atoms with van der Waals surface area (Å²) in [4.78, 5) is 40.7. The van der Waals surface area contributed by atoms with Crippen LogP contribution in [0.2, 0.25) is 0 Å². The van der Waals surface area contributed by atoms with Crippen molar-refractivity contribution in [3.63, 3.8) is 0 Å². The Kier molecular flexibility index (Phi) is 8.60. The lowest BCUT2D eigenvalue weighted by Gasteiger charge is -2.31. The number of halogens is 1. The van der Waals surface area contributed by atoms with E-state index in [9.17, 15) is 18.8 Å². The summed E-state index contributed by atoms with van der Waals surface area (Å²) in [5.41, 5.74) is 12.1. The number of nitrogen functional groups attached to an aromatic ring is 1. The molecular formula is C28H26FN5O5S. The maximum Gasteiger partial charge on any atom is 0.273 e. The minimum atomic E-state index is -1.34. The number of rotatable bonds is 10. The first-order chi connectivity index (χ1) is 19.2. The van der Waals surface area contributed by atoms with Gasteiger partial charge in [-0.25, -0.2) is 4.39 Å². The number of carbonyl (C=O) groups is 3. The van der Waals surface area contributed by atoms with E-state index in [-0.39, 0.29) is 28.5 Å². The van der Waals surface area contributed by atoms with E-state index in [1.54, 1.807) is 18.2 Å². The lowest BCUT2D eigenvalue weighted by atomic mass is 10.0. The van der Waals surface area contributed by atoms with Gasteiger partial charge in [0.1, 0.15) is 16.7 Å². The van der Waals surface area contributed by atoms with E-state index in [1.807, 2.05) is 30.3 Å². The van der Waals surface area contributed by atoms with E-state index >= 15 is 0 Å². The van der Waals surface area contributed by atoms with Crippen molar-refractivity contribution in [1.29, 1.82) is 0 Å². The molecule has 12 heteroatoms. The molecule has 0 radical (unpaired) electrons. The van der Waals surface area contributed by atoms with Gasteiger partial charge in [-0.05, 0) is 53.0 Å². The first-order valence-electron chi connectivity index (χ1n) is 11.9. The van der Waals surface area contributed by atoms with Crippen LogP contribution in [0.1, 0.15) is 37.3 Å². The third-order valence-corrected chi connectivity index (χ3v) is 6.85. The van der Waals surface area contributed by atoms with E-state index in [0.717, 1.165) is 16.5 Å². The highest BCUT2D eigenvalue weighted by molar-refractivity contribution is 7.09. The zero-order valence-electron chi connectivity index (χ0n) is 21.6. The maximum atomic E-state index is 14.5. The summed E-state index contributed by atoms with van der Waals surface area (Å²) in [5.74, 6) is -2.21. The predicted molar refractivity (Wildman–Crippen MR) is 149 cm³/mol. The predicted octanol–water partition coefficient (Wildman–Crippen LogP) is 3.69. The van der Waals surface area contributed by atoms with Crippen LogP contribution in [0.4, 0.5) is 15.8 Å². The summed E-state index contributed by atoms with van der Waals surface area (Å²) in [6.07, 6.45) is 0. The second-order valence-corrected chi connectivity index (χ2v) is 9.29. The monoisotopic (exact) mass is 563 g/mol. The first kappa shape index (κ1) is 28.0. The molecule has 0 fully saturated rings. The van der Waals surface area contributed by atoms with Gasteiger partial charge in [-0.15, -0.1) is 0 Å². The molecule has 4 rings (SSSR count). The Hall–Kier alpha value is -4.97. The summed E-state index contributed by atoms with van der Waals surface area (Å²) in [6, 6.07) is 17.8. The Bertz CT molecular complexity index is 1550. The highest BCUT2D eigenvalue weighted by Crippen LogP contribution is 2.37. The molecule has 1 atom stereocenters. The number of aromatic nitrogens is 1. The van der Waals surface area contributed by atoms with E-state index < -0.39 is 29.6 Å². The Morgan fingerprint density at radius 1 is 1.00 bits per heavy atom. The summed E-state index contributed by atoms with van der Waals surface area (Å²) < 4.78 is 29.1. The standard InChI is InChI=1S/C28H26FN5O5S/c1-38-20-12-11-17(13-21(20)39-2)24(27(36)32-15-16-7-4-3-5-8-16)34(19-10-6-9-18(29)14-19)28(37)25-22(30)23(26(31)35)33-40-25/h3-14,24H,15,30H2,1-2H3,(H2,31,35)(H,32,36)/t24-/m1/s1. The number of hydrogen-bond acceptors (Lipinski definition) is 8. The molecule has 3 amide bonds. The SMILES string of the molecule is COc1ccc([C@H](C(=O)NCc2ccccc2)N(C(=O)c2snc(C(N)=O)c2N)c2cccc(F)c2)cc1OC. The van der Waals surface area contributed by atoms with Crippen molar-refractivity contribution in [2.45, 2.75) is 12.6 Å². The summed E-state index contributed by atoms with van der Waals surface area (Å²) in [6.45, 7) is 0.156. The fourth-order valence-electron chi connectivity index (χ4n) is 4.07. The van der Waals surface area contributed by atoms with Crippen LogP contribution in [-0.4, -0.2) is 36.3 Å². The summed E-state index contributed by atoms with van der Waals surface area (Å²) in [7, 11) is 2.90. The van der Waals surface area contributed by atoms with E-state index in [0.29, 0.717) is 28.6 Å². The molecule has 0 spiro atoms. The molecule has 0 unspecified atom stereocenters. The number of carbonyl (C=O) groups excluding carboxylic acids is 3. The van der Waals surface area contributed by atoms with Gasteiger partial charge >= 0.3 is 0 Å². The number of amides is 3. The zero-order valence-corrected chi connectivity index (χ0v) is 22.4. The number of hydrogen-bond donors (Lipinski definition) is 3. The molecule has 3 aromatic carbocycles. The molecule has 4 aromatic rings. The molecule has 1 aromatic heterocycles. The number of methoxy groups -OCH3 is 2. The largest absolute Gasteiger partial charge is 0.493 e. The number of nitrogens with zero attached hydrogens (tertiary/aromatic N) is 2. The normalized spacial score (nSPS) is 11.4. The van der Waals surface area contributed by atoms with E-state index in [4.69, 9.17) is 20.9 Å². The second kappa shape index (κ2) is 12.3. The van der Waals surface area contributed by atoms with Crippen LogP contribution >= 0.6 is 11.5 Å². The second-order valence-electron chi connectivity index (χ2n) is 8.51. The van der Waals surface area contributed by atoms with Crippen LogP contribution in [0.25, 0.3) is 0 Å². The molecule has 0 aliphatic rings. The third-order valence-electron chi connectivity index (χ3n) is 6.00. The van der Waals surface area contributed by atoms with Gasteiger partial charge in [0.2, 0.25) is 5.91 Å². The van der Waals surface area contributed by atoms with Crippen LogP contribution < -0.4 is 31.2 Å². The summed E-state index contributed by atoms with van der Waals surface area (Å²) >= 11 is 0.651. The van der Waals surface area contributed by atoms with E-state index in [2.05, 4.69) is 9.69 Å². The quantitative estimate of drug-likeness (QED) is 0.266. The number of nitrogens with one attached hydrogen (secondary N) is 1. The van der Waals surface area contributed by atoms with Crippen LogP contribution in [-0.2, 0) is 11.3 Å². The first-order valence-corrected chi connectivity index (χ1v) is 12.7. The van der Waals surface area contributed by atoms with Crippen molar-refractivity contribution < 1.29 is 28.2 Å².